The minimum Gasteiger partial charge on any atom is -0.329 e. The number of hydrogen-bond acceptors (Lipinski definition) is 6. The molecule has 2 heterocycles. The highest BCUT2D eigenvalue weighted by atomic mass is 32.1. The predicted molar refractivity (Wildman–Crippen MR) is 80.0 cm³/mol. The van der Waals surface area contributed by atoms with Gasteiger partial charge in [-0.25, -0.2) is 13.8 Å². The highest BCUT2D eigenvalue weighted by molar-refractivity contribution is 7.15. The zero-order valence-corrected chi connectivity index (χ0v) is 14.4. The largest absolute Gasteiger partial charge is 0.471 e. The molecule has 0 aliphatic carbocycles. The molecule has 2 aromatic heterocycles. The number of alkyl halides is 5. The fourth-order valence-electron chi connectivity index (χ4n) is 1.78. The van der Waals surface area contributed by atoms with Crippen molar-refractivity contribution < 1.29 is 36.1 Å². The number of hydrogen-bond donors (Lipinski definition) is 0. The molecular weight excluding hydrogens is 385 g/mol. The molecule has 2 rings (SSSR count). The van der Waals surface area contributed by atoms with Crippen LogP contribution in [-0.2, 0) is 22.4 Å². The SMILES string of the molecule is CC(C)C(=O)N(Cc1ccc(-c2noc(C(F)(F)F)n2)s1)OCC(F)F. The second kappa shape index (κ2) is 8.08. The van der Waals surface area contributed by atoms with Gasteiger partial charge in [0.2, 0.25) is 11.7 Å². The molecule has 0 fully saturated rings. The summed E-state index contributed by atoms with van der Waals surface area (Å²) >= 11 is 0.988. The van der Waals surface area contributed by atoms with E-state index in [9.17, 15) is 26.7 Å². The van der Waals surface area contributed by atoms with E-state index in [1.54, 1.807) is 13.8 Å². The van der Waals surface area contributed by atoms with Gasteiger partial charge in [-0.15, -0.1) is 11.3 Å². The van der Waals surface area contributed by atoms with Crippen molar-refractivity contribution in [1.29, 1.82) is 0 Å². The van der Waals surface area contributed by atoms with E-state index in [0.29, 0.717) is 4.88 Å². The second-order valence-corrected chi connectivity index (χ2v) is 6.57. The fourth-order valence-corrected chi connectivity index (χ4v) is 2.70. The van der Waals surface area contributed by atoms with Crippen LogP contribution in [0.4, 0.5) is 22.0 Å². The summed E-state index contributed by atoms with van der Waals surface area (Å²) in [6.45, 7) is 2.08. The van der Waals surface area contributed by atoms with Crippen molar-refractivity contribution in [3.05, 3.63) is 22.9 Å². The fraction of sp³-hybridized carbons (Fsp3) is 0.500. The van der Waals surface area contributed by atoms with Gasteiger partial charge in [0.15, 0.2) is 0 Å². The van der Waals surface area contributed by atoms with Gasteiger partial charge in [0.25, 0.3) is 6.43 Å². The molecule has 0 atom stereocenters. The summed E-state index contributed by atoms with van der Waals surface area (Å²) < 4.78 is 66.3. The Bertz CT molecular complexity index is 744. The zero-order chi connectivity index (χ0) is 19.5. The van der Waals surface area contributed by atoms with Gasteiger partial charge in [-0.1, -0.05) is 19.0 Å². The normalized spacial score (nSPS) is 12.2. The van der Waals surface area contributed by atoms with Crippen LogP contribution >= 0.6 is 11.3 Å². The molecule has 1 amide bonds. The maximum absolute atomic E-state index is 12.5. The van der Waals surface area contributed by atoms with Gasteiger partial charge in [0.05, 0.1) is 11.4 Å². The molecule has 0 spiro atoms. The molecule has 144 valence electrons. The van der Waals surface area contributed by atoms with Gasteiger partial charge >= 0.3 is 12.1 Å². The zero-order valence-electron chi connectivity index (χ0n) is 13.6. The minimum absolute atomic E-state index is 0.140. The van der Waals surface area contributed by atoms with E-state index in [-0.39, 0.29) is 17.2 Å². The first-order chi connectivity index (χ1) is 12.1. The molecule has 0 aliphatic rings. The van der Waals surface area contributed by atoms with E-state index in [2.05, 4.69) is 14.7 Å². The van der Waals surface area contributed by atoms with Crippen molar-refractivity contribution in [2.45, 2.75) is 33.0 Å². The first kappa shape index (κ1) is 20.2. The molecule has 0 aliphatic heterocycles. The van der Waals surface area contributed by atoms with Crippen LogP contribution in [0.3, 0.4) is 0 Å². The Balaban J connectivity index is 2.13. The van der Waals surface area contributed by atoms with E-state index in [1.165, 1.54) is 12.1 Å². The quantitative estimate of drug-likeness (QED) is 0.520. The number of aromatic nitrogens is 2. The van der Waals surface area contributed by atoms with Crippen molar-refractivity contribution in [3.8, 4) is 10.7 Å². The molecule has 6 nitrogen and oxygen atoms in total. The van der Waals surface area contributed by atoms with Crippen molar-refractivity contribution in [2.24, 2.45) is 5.92 Å². The maximum Gasteiger partial charge on any atom is 0.471 e. The lowest BCUT2D eigenvalue weighted by Crippen LogP contribution is -2.35. The third-order valence-corrected chi connectivity index (χ3v) is 4.01. The van der Waals surface area contributed by atoms with Gasteiger partial charge in [-0.05, 0) is 12.1 Å². The van der Waals surface area contributed by atoms with Gasteiger partial charge < -0.3 is 4.52 Å². The van der Waals surface area contributed by atoms with E-state index < -0.39 is 36.9 Å². The molecule has 0 radical (unpaired) electrons. The molecule has 0 unspecified atom stereocenters. The van der Waals surface area contributed by atoms with Crippen LogP contribution in [0.15, 0.2) is 16.7 Å². The number of halogens is 5. The third-order valence-electron chi connectivity index (χ3n) is 2.95. The lowest BCUT2D eigenvalue weighted by atomic mass is 10.2. The van der Waals surface area contributed by atoms with Gasteiger partial charge in [-0.3, -0.25) is 9.63 Å². The van der Waals surface area contributed by atoms with Crippen molar-refractivity contribution in [3.63, 3.8) is 0 Å². The molecule has 0 saturated carbocycles. The van der Waals surface area contributed by atoms with E-state index >= 15 is 0 Å². The lowest BCUT2D eigenvalue weighted by molar-refractivity contribution is -0.204. The number of rotatable bonds is 7. The van der Waals surface area contributed by atoms with Crippen molar-refractivity contribution in [2.75, 3.05) is 6.61 Å². The average Bonchev–Trinajstić information content (AvgIpc) is 3.18. The van der Waals surface area contributed by atoms with Crippen LogP contribution in [0.1, 0.15) is 24.6 Å². The Labute approximate surface area is 148 Å². The second-order valence-electron chi connectivity index (χ2n) is 5.40. The van der Waals surface area contributed by atoms with Crippen molar-refractivity contribution in [1.82, 2.24) is 15.2 Å². The summed E-state index contributed by atoms with van der Waals surface area (Å²) in [6, 6.07) is 2.95. The first-order valence-corrected chi connectivity index (χ1v) is 8.12. The third kappa shape index (κ3) is 5.21. The first-order valence-electron chi connectivity index (χ1n) is 7.30. The predicted octanol–water partition coefficient (Wildman–Crippen LogP) is 4.00. The highest BCUT2D eigenvalue weighted by Crippen LogP contribution is 2.32. The lowest BCUT2D eigenvalue weighted by Gasteiger charge is -2.22. The number of amides is 1. The summed E-state index contributed by atoms with van der Waals surface area (Å²) in [5.74, 6) is -2.72. The number of nitrogens with zero attached hydrogens (tertiary/aromatic N) is 3. The van der Waals surface area contributed by atoms with Crippen LogP contribution in [0.5, 0.6) is 0 Å². The molecule has 2 aromatic rings. The summed E-state index contributed by atoms with van der Waals surface area (Å²) in [4.78, 5) is 20.9. The topological polar surface area (TPSA) is 68.5 Å². The maximum atomic E-state index is 12.5. The molecule has 0 aromatic carbocycles. The van der Waals surface area contributed by atoms with E-state index in [1.807, 2.05) is 0 Å². The monoisotopic (exact) mass is 399 g/mol. The van der Waals surface area contributed by atoms with Crippen LogP contribution in [-0.4, -0.2) is 34.1 Å². The number of carbonyl (C=O) groups is 1. The summed E-state index contributed by atoms with van der Waals surface area (Å²) in [5, 5.41) is 4.07. The van der Waals surface area contributed by atoms with Crippen LogP contribution in [0.25, 0.3) is 10.7 Å². The van der Waals surface area contributed by atoms with Crippen LogP contribution < -0.4 is 0 Å². The molecule has 0 bridgehead atoms. The van der Waals surface area contributed by atoms with Gasteiger partial charge in [-0.2, -0.15) is 18.2 Å². The Morgan fingerprint density at radius 1 is 1.35 bits per heavy atom. The number of carbonyl (C=O) groups excluding carboxylic acids is 1. The van der Waals surface area contributed by atoms with E-state index in [0.717, 1.165) is 16.4 Å². The molecule has 0 N–H and O–H groups in total. The summed E-state index contributed by atoms with van der Waals surface area (Å²) in [7, 11) is 0. The minimum atomic E-state index is -4.76. The summed E-state index contributed by atoms with van der Waals surface area (Å²) in [5.41, 5.74) is 0. The number of thiophene rings is 1. The van der Waals surface area contributed by atoms with Crippen molar-refractivity contribution >= 4 is 17.2 Å². The Morgan fingerprint density at radius 3 is 2.58 bits per heavy atom. The molecule has 12 heteroatoms. The molecular formula is C14H14F5N3O3S. The molecule has 0 saturated heterocycles. The Morgan fingerprint density at radius 2 is 2.04 bits per heavy atom. The average molecular weight is 399 g/mol. The number of hydroxylamine groups is 2. The standard InChI is InChI=1S/C14H14F5N3O3S/c1-7(2)12(23)22(24-6-10(15)16)5-8-3-4-9(26-8)11-20-13(25-21-11)14(17,18)19/h3-4,7,10H,5-6H2,1-2H3. The highest BCUT2D eigenvalue weighted by Gasteiger charge is 2.38. The van der Waals surface area contributed by atoms with Crippen LogP contribution in [0, 0.1) is 5.92 Å². The van der Waals surface area contributed by atoms with Crippen LogP contribution in [0.2, 0.25) is 0 Å². The van der Waals surface area contributed by atoms with Gasteiger partial charge in [0.1, 0.15) is 6.61 Å². The summed E-state index contributed by atoms with van der Waals surface area (Å²) in [6.07, 6.45) is -7.51. The Hall–Kier alpha value is -2.08. The van der Waals surface area contributed by atoms with E-state index in [4.69, 9.17) is 4.84 Å². The van der Waals surface area contributed by atoms with Gasteiger partial charge in [0, 0.05) is 10.8 Å². The molecule has 26 heavy (non-hydrogen) atoms. The Kier molecular flexibility index (Phi) is 6.29. The smallest absolute Gasteiger partial charge is 0.329 e.